The molecule has 2 unspecified atom stereocenters. The molecule has 0 bridgehead atoms. The number of rotatable bonds is 6. The Balaban J connectivity index is 2.34. The molecule has 0 radical (unpaired) electrons. The summed E-state index contributed by atoms with van der Waals surface area (Å²) in [5.74, 6) is 0. The molecule has 0 aliphatic carbocycles. The van der Waals surface area contributed by atoms with Crippen molar-refractivity contribution in [2.24, 2.45) is 0 Å². The molecule has 1 aromatic heterocycles. The minimum absolute atomic E-state index is 0.225. The Kier molecular flexibility index (Phi) is 4.96. The van der Waals surface area contributed by atoms with E-state index in [1.54, 1.807) is 0 Å². The van der Waals surface area contributed by atoms with E-state index in [1.807, 2.05) is 20.2 Å². The van der Waals surface area contributed by atoms with Gasteiger partial charge in [-0.25, -0.2) is 4.98 Å². The van der Waals surface area contributed by atoms with Crippen LogP contribution in [0.3, 0.4) is 0 Å². The summed E-state index contributed by atoms with van der Waals surface area (Å²) in [7, 11) is 0. The van der Waals surface area contributed by atoms with Crippen LogP contribution in [0.15, 0.2) is 6.33 Å². The lowest BCUT2D eigenvalue weighted by Crippen LogP contribution is -2.32. The maximum absolute atomic E-state index is 9.15. The lowest BCUT2D eigenvalue weighted by atomic mass is 10.2. The van der Waals surface area contributed by atoms with Crippen LogP contribution in [-0.4, -0.2) is 33.3 Å². The second kappa shape index (κ2) is 6.01. The summed E-state index contributed by atoms with van der Waals surface area (Å²) < 4.78 is 2.16. The molecule has 16 heavy (non-hydrogen) atoms. The Morgan fingerprint density at radius 1 is 1.44 bits per heavy atom. The van der Waals surface area contributed by atoms with Crippen LogP contribution in [-0.2, 0) is 6.54 Å². The highest BCUT2D eigenvalue weighted by atomic mass is 16.3. The van der Waals surface area contributed by atoms with E-state index >= 15 is 0 Å². The molecule has 0 fully saturated rings. The Labute approximate surface area is 97.7 Å². The van der Waals surface area contributed by atoms with Gasteiger partial charge < -0.3 is 15.0 Å². The maximum Gasteiger partial charge on any atom is 0.0951 e. The van der Waals surface area contributed by atoms with Crippen molar-refractivity contribution in [2.45, 2.75) is 52.8 Å². The lowest BCUT2D eigenvalue weighted by Gasteiger charge is -2.16. The first-order valence-corrected chi connectivity index (χ1v) is 5.90. The number of nitrogens with one attached hydrogen (secondary N) is 1. The van der Waals surface area contributed by atoms with Gasteiger partial charge in [0.05, 0.1) is 18.1 Å². The number of hydrogen-bond donors (Lipinski definition) is 2. The number of aromatic nitrogens is 2. The van der Waals surface area contributed by atoms with Crippen LogP contribution >= 0.6 is 0 Å². The van der Waals surface area contributed by atoms with Gasteiger partial charge in [-0.1, -0.05) is 0 Å². The molecule has 0 saturated carbocycles. The molecule has 0 aliphatic rings. The van der Waals surface area contributed by atoms with Crippen molar-refractivity contribution >= 4 is 0 Å². The van der Waals surface area contributed by atoms with Crippen molar-refractivity contribution in [3.05, 3.63) is 17.7 Å². The number of aryl methyl sites for hydroxylation is 1. The van der Waals surface area contributed by atoms with Gasteiger partial charge in [0.25, 0.3) is 0 Å². The first kappa shape index (κ1) is 13.2. The van der Waals surface area contributed by atoms with Gasteiger partial charge in [-0.2, -0.15) is 0 Å². The van der Waals surface area contributed by atoms with Gasteiger partial charge in [0, 0.05) is 18.3 Å². The van der Waals surface area contributed by atoms with Crippen LogP contribution in [0.5, 0.6) is 0 Å². The van der Waals surface area contributed by atoms with E-state index in [0.717, 1.165) is 25.2 Å². The predicted molar refractivity (Wildman–Crippen MR) is 65.5 cm³/mol. The molecule has 0 aromatic carbocycles. The number of imidazole rings is 1. The van der Waals surface area contributed by atoms with Gasteiger partial charge in [-0.05, 0) is 40.7 Å². The van der Waals surface area contributed by atoms with Gasteiger partial charge >= 0.3 is 0 Å². The summed E-state index contributed by atoms with van der Waals surface area (Å²) in [6, 6.07) is 0.394. The SMILES string of the molecule is Cc1ncn(CC(C)NCCC(C)O)c1C. The van der Waals surface area contributed by atoms with Crippen molar-refractivity contribution in [3.8, 4) is 0 Å². The Hall–Kier alpha value is -0.870. The Morgan fingerprint density at radius 3 is 2.62 bits per heavy atom. The summed E-state index contributed by atoms with van der Waals surface area (Å²) in [4.78, 5) is 4.27. The molecule has 1 heterocycles. The third-order valence-electron chi connectivity index (χ3n) is 2.87. The maximum atomic E-state index is 9.15. The van der Waals surface area contributed by atoms with Crippen LogP contribution in [0.25, 0.3) is 0 Å². The molecule has 2 N–H and O–H groups in total. The highest BCUT2D eigenvalue weighted by Crippen LogP contribution is 2.05. The standard InChI is InChI=1S/C12H23N3O/c1-9(13-6-5-10(2)16)7-15-8-14-11(3)12(15)4/h8-10,13,16H,5-7H2,1-4H3. The molecular formula is C12H23N3O. The molecule has 0 amide bonds. The molecule has 0 spiro atoms. The Morgan fingerprint density at radius 2 is 2.12 bits per heavy atom. The van der Waals surface area contributed by atoms with E-state index in [4.69, 9.17) is 5.11 Å². The molecule has 0 aliphatic heterocycles. The van der Waals surface area contributed by atoms with Crippen LogP contribution in [0, 0.1) is 13.8 Å². The molecule has 4 nitrogen and oxygen atoms in total. The van der Waals surface area contributed by atoms with Gasteiger partial charge in [0.2, 0.25) is 0 Å². The van der Waals surface area contributed by atoms with Crippen molar-refractivity contribution in [3.63, 3.8) is 0 Å². The van der Waals surface area contributed by atoms with Gasteiger partial charge in [0.1, 0.15) is 0 Å². The number of aliphatic hydroxyl groups is 1. The summed E-state index contributed by atoms with van der Waals surface area (Å²) >= 11 is 0. The van der Waals surface area contributed by atoms with Gasteiger partial charge in [0.15, 0.2) is 0 Å². The summed E-state index contributed by atoms with van der Waals surface area (Å²) in [6.45, 7) is 9.85. The molecule has 1 rings (SSSR count). The smallest absolute Gasteiger partial charge is 0.0951 e. The topological polar surface area (TPSA) is 50.1 Å². The largest absolute Gasteiger partial charge is 0.393 e. The van der Waals surface area contributed by atoms with Crippen molar-refractivity contribution in [1.82, 2.24) is 14.9 Å². The number of aliphatic hydroxyl groups excluding tert-OH is 1. The van der Waals surface area contributed by atoms with Crippen molar-refractivity contribution < 1.29 is 5.11 Å². The highest BCUT2D eigenvalue weighted by molar-refractivity contribution is 5.08. The zero-order valence-corrected chi connectivity index (χ0v) is 10.7. The van der Waals surface area contributed by atoms with E-state index in [1.165, 1.54) is 5.69 Å². The molecule has 92 valence electrons. The fraction of sp³-hybridized carbons (Fsp3) is 0.750. The van der Waals surface area contributed by atoms with Crippen LogP contribution in [0.1, 0.15) is 31.7 Å². The average Bonchev–Trinajstić information content (AvgIpc) is 2.49. The number of hydrogen-bond acceptors (Lipinski definition) is 3. The zero-order valence-electron chi connectivity index (χ0n) is 10.7. The van der Waals surface area contributed by atoms with E-state index in [-0.39, 0.29) is 6.10 Å². The second-order valence-corrected chi connectivity index (χ2v) is 4.56. The third kappa shape index (κ3) is 3.94. The quantitative estimate of drug-likeness (QED) is 0.766. The van der Waals surface area contributed by atoms with Crippen LogP contribution in [0.2, 0.25) is 0 Å². The monoisotopic (exact) mass is 225 g/mol. The predicted octanol–water partition coefficient (Wildman–Crippen LogP) is 1.25. The van der Waals surface area contributed by atoms with Gasteiger partial charge in [-0.3, -0.25) is 0 Å². The Bertz CT molecular complexity index is 320. The van der Waals surface area contributed by atoms with E-state index in [0.29, 0.717) is 6.04 Å². The minimum Gasteiger partial charge on any atom is -0.393 e. The number of nitrogens with zero attached hydrogens (tertiary/aromatic N) is 2. The molecule has 4 heteroatoms. The summed E-state index contributed by atoms with van der Waals surface area (Å²) in [5.41, 5.74) is 2.32. The molecule has 0 saturated heterocycles. The fourth-order valence-electron chi connectivity index (χ4n) is 1.63. The van der Waals surface area contributed by atoms with E-state index < -0.39 is 0 Å². The van der Waals surface area contributed by atoms with Crippen molar-refractivity contribution in [1.29, 1.82) is 0 Å². The zero-order chi connectivity index (χ0) is 12.1. The van der Waals surface area contributed by atoms with Gasteiger partial charge in [-0.15, -0.1) is 0 Å². The summed E-state index contributed by atoms with van der Waals surface area (Å²) in [6.07, 6.45) is 2.46. The average molecular weight is 225 g/mol. The lowest BCUT2D eigenvalue weighted by molar-refractivity contribution is 0.182. The normalized spacial score (nSPS) is 15.1. The first-order chi connectivity index (χ1) is 7.50. The fourth-order valence-corrected chi connectivity index (χ4v) is 1.63. The highest BCUT2D eigenvalue weighted by Gasteiger charge is 2.06. The first-order valence-electron chi connectivity index (χ1n) is 5.90. The van der Waals surface area contributed by atoms with Crippen LogP contribution in [0.4, 0.5) is 0 Å². The van der Waals surface area contributed by atoms with E-state index in [2.05, 4.69) is 28.7 Å². The van der Waals surface area contributed by atoms with Crippen molar-refractivity contribution in [2.75, 3.05) is 6.54 Å². The third-order valence-corrected chi connectivity index (χ3v) is 2.87. The van der Waals surface area contributed by atoms with Crippen LogP contribution < -0.4 is 5.32 Å². The molecular weight excluding hydrogens is 202 g/mol. The van der Waals surface area contributed by atoms with E-state index in [9.17, 15) is 0 Å². The minimum atomic E-state index is -0.225. The molecule has 2 atom stereocenters. The second-order valence-electron chi connectivity index (χ2n) is 4.56. The molecule has 1 aromatic rings. The summed E-state index contributed by atoms with van der Waals surface area (Å²) in [5, 5.41) is 12.5.